The number of amides is 1. The van der Waals surface area contributed by atoms with E-state index in [0.717, 1.165) is 4.47 Å². The Morgan fingerprint density at radius 2 is 2.10 bits per heavy atom. The van der Waals surface area contributed by atoms with Crippen LogP contribution in [0.4, 0.5) is 5.69 Å². The standard InChI is InChI=1S/C14H12BrN3O3/c1-7(2)13-16-11(17-21-13)6-18-10-4-3-8(15)5-9(10)12(19)14(18)20/h3-5,7H,6H2,1-2H3. The van der Waals surface area contributed by atoms with Gasteiger partial charge in [-0.05, 0) is 18.2 Å². The molecule has 0 spiro atoms. The molecule has 21 heavy (non-hydrogen) atoms. The summed E-state index contributed by atoms with van der Waals surface area (Å²) in [6.07, 6.45) is 0. The zero-order chi connectivity index (χ0) is 15.1. The van der Waals surface area contributed by atoms with Gasteiger partial charge >= 0.3 is 0 Å². The molecule has 0 radical (unpaired) electrons. The van der Waals surface area contributed by atoms with Crippen LogP contribution in [0.15, 0.2) is 27.2 Å². The molecule has 0 unspecified atom stereocenters. The number of rotatable bonds is 3. The van der Waals surface area contributed by atoms with Crippen LogP contribution in [-0.2, 0) is 11.3 Å². The van der Waals surface area contributed by atoms with Crippen molar-refractivity contribution in [2.75, 3.05) is 4.90 Å². The zero-order valence-electron chi connectivity index (χ0n) is 11.5. The second-order valence-corrected chi connectivity index (χ2v) is 6.00. The number of Topliss-reactive ketones (excluding diaryl/α,β-unsaturated/α-hetero) is 1. The van der Waals surface area contributed by atoms with E-state index in [-0.39, 0.29) is 12.5 Å². The van der Waals surface area contributed by atoms with Crippen molar-refractivity contribution in [1.82, 2.24) is 10.1 Å². The van der Waals surface area contributed by atoms with Crippen molar-refractivity contribution >= 4 is 33.3 Å². The lowest BCUT2D eigenvalue weighted by Gasteiger charge is -2.13. The van der Waals surface area contributed by atoms with Gasteiger partial charge in [0.15, 0.2) is 5.82 Å². The minimum absolute atomic E-state index is 0.116. The van der Waals surface area contributed by atoms with Gasteiger partial charge in [-0.1, -0.05) is 34.9 Å². The maximum absolute atomic E-state index is 12.1. The van der Waals surface area contributed by atoms with E-state index < -0.39 is 11.7 Å². The predicted molar refractivity (Wildman–Crippen MR) is 78.0 cm³/mol. The summed E-state index contributed by atoms with van der Waals surface area (Å²) >= 11 is 3.30. The van der Waals surface area contributed by atoms with E-state index >= 15 is 0 Å². The van der Waals surface area contributed by atoms with E-state index in [0.29, 0.717) is 23.0 Å². The van der Waals surface area contributed by atoms with E-state index in [1.165, 1.54) is 4.90 Å². The Labute approximate surface area is 129 Å². The molecule has 0 N–H and O–H groups in total. The van der Waals surface area contributed by atoms with Gasteiger partial charge in [-0.3, -0.25) is 14.5 Å². The zero-order valence-corrected chi connectivity index (χ0v) is 13.0. The van der Waals surface area contributed by atoms with E-state index in [2.05, 4.69) is 26.1 Å². The third-order valence-electron chi connectivity index (χ3n) is 3.21. The molecule has 1 aromatic heterocycles. The molecule has 1 amide bonds. The minimum Gasteiger partial charge on any atom is -0.339 e. The van der Waals surface area contributed by atoms with Crippen molar-refractivity contribution in [3.8, 4) is 0 Å². The molecule has 1 aliphatic rings. The molecule has 0 saturated carbocycles. The van der Waals surface area contributed by atoms with Crippen molar-refractivity contribution in [2.24, 2.45) is 0 Å². The fraction of sp³-hybridized carbons (Fsp3) is 0.286. The normalized spacial score (nSPS) is 14.2. The summed E-state index contributed by atoms with van der Waals surface area (Å²) in [6, 6.07) is 5.16. The molecule has 0 aliphatic carbocycles. The molecule has 1 aliphatic heterocycles. The first-order valence-electron chi connectivity index (χ1n) is 6.45. The summed E-state index contributed by atoms with van der Waals surface area (Å²) in [7, 11) is 0. The van der Waals surface area contributed by atoms with Crippen LogP contribution in [0.2, 0.25) is 0 Å². The minimum atomic E-state index is -0.570. The fourth-order valence-electron chi connectivity index (χ4n) is 2.14. The Morgan fingerprint density at radius 3 is 2.76 bits per heavy atom. The summed E-state index contributed by atoms with van der Waals surface area (Å²) in [4.78, 5) is 29.7. The maximum Gasteiger partial charge on any atom is 0.299 e. The number of hydrogen-bond donors (Lipinski definition) is 0. The van der Waals surface area contributed by atoms with Gasteiger partial charge in [0.2, 0.25) is 5.89 Å². The van der Waals surface area contributed by atoms with Crippen LogP contribution >= 0.6 is 15.9 Å². The number of carbonyl (C=O) groups excluding carboxylic acids is 2. The molecule has 0 bridgehead atoms. The summed E-state index contributed by atoms with van der Waals surface area (Å²) in [5.41, 5.74) is 0.964. The van der Waals surface area contributed by atoms with Crippen LogP contribution in [0.5, 0.6) is 0 Å². The average molecular weight is 350 g/mol. The van der Waals surface area contributed by atoms with Gasteiger partial charge in [0.05, 0.1) is 17.8 Å². The smallest absolute Gasteiger partial charge is 0.299 e. The first kappa shape index (κ1) is 13.9. The van der Waals surface area contributed by atoms with Gasteiger partial charge < -0.3 is 4.52 Å². The lowest BCUT2D eigenvalue weighted by atomic mass is 10.1. The molecule has 108 valence electrons. The molecule has 3 rings (SSSR count). The Balaban J connectivity index is 1.92. The third kappa shape index (κ3) is 2.37. The third-order valence-corrected chi connectivity index (χ3v) is 3.70. The highest BCUT2D eigenvalue weighted by Gasteiger charge is 2.36. The van der Waals surface area contributed by atoms with Gasteiger partial charge in [-0.15, -0.1) is 0 Å². The molecule has 2 aromatic rings. The molecule has 0 fully saturated rings. The van der Waals surface area contributed by atoms with Crippen molar-refractivity contribution in [3.63, 3.8) is 0 Å². The molecule has 2 heterocycles. The van der Waals surface area contributed by atoms with E-state index in [1.807, 2.05) is 13.8 Å². The predicted octanol–water partition coefficient (Wildman–Crippen LogP) is 2.69. The summed E-state index contributed by atoms with van der Waals surface area (Å²) < 4.78 is 5.87. The lowest BCUT2D eigenvalue weighted by Crippen LogP contribution is -2.29. The monoisotopic (exact) mass is 349 g/mol. The number of benzene rings is 1. The van der Waals surface area contributed by atoms with Gasteiger partial charge in [-0.25, -0.2) is 0 Å². The first-order chi connectivity index (χ1) is 9.97. The first-order valence-corrected chi connectivity index (χ1v) is 7.25. The largest absolute Gasteiger partial charge is 0.339 e. The second kappa shape index (κ2) is 5.07. The molecular formula is C14H12BrN3O3. The van der Waals surface area contributed by atoms with Crippen LogP contribution in [0.3, 0.4) is 0 Å². The van der Waals surface area contributed by atoms with Crippen LogP contribution in [0.25, 0.3) is 0 Å². The number of nitrogens with zero attached hydrogens (tertiary/aromatic N) is 3. The summed E-state index contributed by atoms with van der Waals surface area (Å²) in [5, 5.41) is 3.85. The van der Waals surface area contributed by atoms with Crippen molar-refractivity contribution in [1.29, 1.82) is 0 Å². The van der Waals surface area contributed by atoms with Crippen LogP contribution < -0.4 is 4.90 Å². The van der Waals surface area contributed by atoms with Gasteiger partial charge in [0.25, 0.3) is 11.7 Å². The van der Waals surface area contributed by atoms with E-state index in [1.54, 1.807) is 18.2 Å². The second-order valence-electron chi connectivity index (χ2n) is 5.09. The van der Waals surface area contributed by atoms with Crippen LogP contribution in [-0.4, -0.2) is 21.8 Å². The van der Waals surface area contributed by atoms with Gasteiger partial charge in [0.1, 0.15) is 0 Å². The summed E-state index contributed by atoms with van der Waals surface area (Å²) in [6.45, 7) is 4.00. The number of carbonyl (C=O) groups is 2. The lowest BCUT2D eigenvalue weighted by molar-refractivity contribution is -0.114. The molecule has 7 heteroatoms. The highest BCUT2D eigenvalue weighted by atomic mass is 79.9. The van der Waals surface area contributed by atoms with Crippen molar-refractivity contribution in [2.45, 2.75) is 26.3 Å². The number of hydrogen-bond acceptors (Lipinski definition) is 5. The quantitative estimate of drug-likeness (QED) is 0.796. The number of fused-ring (bicyclic) bond motifs is 1. The number of aromatic nitrogens is 2. The summed E-state index contributed by atoms with van der Waals surface area (Å²) in [5.74, 6) is -0.0714. The van der Waals surface area contributed by atoms with Gasteiger partial charge in [0, 0.05) is 10.4 Å². The number of anilines is 1. The molecule has 1 aromatic carbocycles. The highest BCUT2D eigenvalue weighted by molar-refractivity contribution is 9.10. The Kier molecular flexibility index (Phi) is 3.36. The highest BCUT2D eigenvalue weighted by Crippen LogP contribution is 2.32. The Hall–Kier alpha value is -2.02. The maximum atomic E-state index is 12.1. The van der Waals surface area contributed by atoms with Gasteiger partial charge in [-0.2, -0.15) is 4.98 Å². The average Bonchev–Trinajstić information content (AvgIpc) is 2.99. The molecule has 0 atom stereocenters. The molecule has 6 nitrogen and oxygen atoms in total. The molecular weight excluding hydrogens is 338 g/mol. The van der Waals surface area contributed by atoms with E-state index in [9.17, 15) is 9.59 Å². The molecule has 0 saturated heterocycles. The number of halogens is 1. The Bertz CT molecular complexity index is 739. The Morgan fingerprint density at radius 1 is 1.33 bits per heavy atom. The fourth-order valence-corrected chi connectivity index (χ4v) is 2.50. The van der Waals surface area contributed by atoms with Crippen LogP contribution in [0.1, 0.15) is 41.8 Å². The topological polar surface area (TPSA) is 76.3 Å². The number of ketones is 1. The van der Waals surface area contributed by atoms with Crippen molar-refractivity contribution < 1.29 is 14.1 Å². The van der Waals surface area contributed by atoms with Crippen LogP contribution in [0, 0.1) is 0 Å². The SMILES string of the molecule is CC(C)c1nc(CN2C(=O)C(=O)c3cc(Br)ccc32)no1. The van der Waals surface area contributed by atoms with Crippen molar-refractivity contribution in [3.05, 3.63) is 40.0 Å². The van der Waals surface area contributed by atoms with E-state index in [4.69, 9.17) is 4.52 Å².